The molecule has 3 nitrogen and oxygen atoms in total. The highest BCUT2D eigenvalue weighted by molar-refractivity contribution is 5.07. The van der Waals surface area contributed by atoms with E-state index in [1.165, 1.54) is 0 Å². The maximum Gasteiger partial charge on any atom is 0.0676 e. The van der Waals surface area contributed by atoms with Crippen LogP contribution in [0.3, 0.4) is 0 Å². The highest BCUT2D eigenvalue weighted by Crippen LogP contribution is 2.52. The zero-order valence-corrected chi connectivity index (χ0v) is 12.1. The first-order valence-electron chi connectivity index (χ1n) is 7.29. The van der Waals surface area contributed by atoms with Crippen LogP contribution in [0.25, 0.3) is 0 Å². The van der Waals surface area contributed by atoms with Crippen molar-refractivity contribution in [3.05, 3.63) is 0 Å². The van der Waals surface area contributed by atoms with E-state index >= 15 is 0 Å². The topological polar surface area (TPSA) is 60.7 Å². The third-order valence-electron chi connectivity index (χ3n) is 5.56. The van der Waals surface area contributed by atoms with E-state index in [2.05, 4.69) is 13.8 Å². The Hall–Kier alpha value is -0.120. The summed E-state index contributed by atoms with van der Waals surface area (Å²) in [4.78, 5) is 0. The summed E-state index contributed by atoms with van der Waals surface area (Å²) >= 11 is 0. The number of aliphatic hydroxyl groups is 3. The minimum atomic E-state index is -0.842. The Bertz CT molecular complexity index is 309. The first-order chi connectivity index (χ1) is 8.17. The molecule has 106 valence electrons. The quantitative estimate of drug-likeness (QED) is 0.672. The van der Waals surface area contributed by atoms with Crippen molar-refractivity contribution in [2.24, 2.45) is 23.7 Å². The van der Waals surface area contributed by atoms with E-state index in [0.29, 0.717) is 12.3 Å². The van der Waals surface area contributed by atoms with Crippen LogP contribution in [-0.2, 0) is 0 Å². The SMILES string of the molecule is CC(C)C1CC[C@@](C)(O)C2CC[C@](C)(O)C2C1O. The molecule has 0 aromatic carbocycles. The van der Waals surface area contributed by atoms with Crippen LogP contribution in [0, 0.1) is 23.7 Å². The fraction of sp³-hybridized carbons (Fsp3) is 1.00. The van der Waals surface area contributed by atoms with Crippen LogP contribution >= 0.6 is 0 Å². The number of hydrogen-bond acceptors (Lipinski definition) is 3. The van der Waals surface area contributed by atoms with Gasteiger partial charge in [-0.25, -0.2) is 0 Å². The van der Waals surface area contributed by atoms with E-state index in [0.717, 1.165) is 19.3 Å². The molecule has 0 saturated heterocycles. The molecule has 0 aromatic heterocycles. The molecule has 0 aromatic rings. The predicted molar refractivity (Wildman–Crippen MR) is 71.0 cm³/mol. The predicted octanol–water partition coefficient (Wildman–Crippen LogP) is 1.94. The van der Waals surface area contributed by atoms with Crippen molar-refractivity contribution in [1.29, 1.82) is 0 Å². The minimum absolute atomic E-state index is 0.0197. The Balaban J connectivity index is 2.36. The summed E-state index contributed by atoms with van der Waals surface area (Å²) in [6.45, 7) is 7.93. The molecule has 0 aliphatic heterocycles. The Morgan fingerprint density at radius 1 is 1.00 bits per heavy atom. The zero-order chi connectivity index (χ0) is 13.7. The van der Waals surface area contributed by atoms with Crippen molar-refractivity contribution in [2.75, 3.05) is 0 Å². The molecule has 2 aliphatic rings. The highest BCUT2D eigenvalue weighted by atomic mass is 16.3. The summed E-state index contributed by atoms with van der Waals surface area (Å²) in [5.41, 5.74) is -1.60. The molecular formula is C15H28O3. The molecule has 2 saturated carbocycles. The molecule has 0 radical (unpaired) electrons. The third kappa shape index (κ3) is 2.21. The van der Waals surface area contributed by atoms with Crippen molar-refractivity contribution in [1.82, 2.24) is 0 Å². The van der Waals surface area contributed by atoms with Gasteiger partial charge in [-0.2, -0.15) is 0 Å². The van der Waals surface area contributed by atoms with Crippen LogP contribution in [0.2, 0.25) is 0 Å². The summed E-state index contributed by atoms with van der Waals surface area (Å²) in [7, 11) is 0. The standard InChI is InChI=1S/C15H28O3/c1-9(2)10-5-7-14(3,17)11-6-8-15(4,18)12(11)13(10)16/h9-13,16-18H,5-8H2,1-4H3/t10?,11?,12?,13?,14-,15+/m1/s1. The van der Waals surface area contributed by atoms with Crippen LogP contribution in [0.1, 0.15) is 53.4 Å². The maximum absolute atomic E-state index is 10.7. The van der Waals surface area contributed by atoms with Crippen LogP contribution in [-0.4, -0.2) is 32.6 Å². The molecule has 3 N–H and O–H groups in total. The summed E-state index contributed by atoms with van der Waals surface area (Å²) < 4.78 is 0. The van der Waals surface area contributed by atoms with Crippen molar-refractivity contribution < 1.29 is 15.3 Å². The van der Waals surface area contributed by atoms with Gasteiger partial charge >= 0.3 is 0 Å². The highest BCUT2D eigenvalue weighted by Gasteiger charge is 2.56. The molecule has 2 fully saturated rings. The van der Waals surface area contributed by atoms with Gasteiger partial charge in [0.1, 0.15) is 0 Å². The monoisotopic (exact) mass is 256 g/mol. The van der Waals surface area contributed by atoms with E-state index in [4.69, 9.17) is 0 Å². The zero-order valence-electron chi connectivity index (χ0n) is 12.1. The van der Waals surface area contributed by atoms with Gasteiger partial charge in [-0.15, -0.1) is 0 Å². The molecule has 4 unspecified atom stereocenters. The van der Waals surface area contributed by atoms with Gasteiger partial charge in [0.05, 0.1) is 17.3 Å². The number of rotatable bonds is 1. The third-order valence-corrected chi connectivity index (χ3v) is 5.56. The average molecular weight is 256 g/mol. The van der Waals surface area contributed by atoms with Crippen molar-refractivity contribution in [3.63, 3.8) is 0 Å². The Kier molecular flexibility index (Phi) is 3.54. The lowest BCUT2D eigenvalue weighted by Gasteiger charge is -2.39. The average Bonchev–Trinajstić information content (AvgIpc) is 2.48. The van der Waals surface area contributed by atoms with E-state index in [-0.39, 0.29) is 17.8 Å². The van der Waals surface area contributed by atoms with Gasteiger partial charge in [0.15, 0.2) is 0 Å². The van der Waals surface area contributed by atoms with Gasteiger partial charge in [-0.05, 0) is 57.3 Å². The van der Waals surface area contributed by atoms with Gasteiger partial charge in [0.2, 0.25) is 0 Å². The van der Waals surface area contributed by atoms with E-state index < -0.39 is 17.3 Å². The fourth-order valence-electron chi connectivity index (χ4n) is 4.34. The Morgan fingerprint density at radius 3 is 2.11 bits per heavy atom. The lowest BCUT2D eigenvalue weighted by atomic mass is 9.73. The largest absolute Gasteiger partial charge is 0.392 e. The van der Waals surface area contributed by atoms with E-state index in [1.807, 2.05) is 13.8 Å². The first-order valence-corrected chi connectivity index (χ1v) is 7.29. The summed E-state index contributed by atoms with van der Waals surface area (Å²) in [5.74, 6) is 0.385. The lowest BCUT2D eigenvalue weighted by molar-refractivity contribution is -0.101. The summed E-state index contributed by atoms with van der Waals surface area (Å²) in [5, 5.41) is 31.9. The van der Waals surface area contributed by atoms with Crippen molar-refractivity contribution in [3.8, 4) is 0 Å². The van der Waals surface area contributed by atoms with Crippen LogP contribution < -0.4 is 0 Å². The molecule has 0 bridgehead atoms. The summed E-state index contributed by atoms with van der Waals surface area (Å²) in [6, 6.07) is 0. The number of hydrogen-bond donors (Lipinski definition) is 3. The molecule has 0 heterocycles. The molecule has 2 rings (SSSR count). The fourth-order valence-corrected chi connectivity index (χ4v) is 4.34. The summed E-state index contributed by atoms with van der Waals surface area (Å²) in [6.07, 6.45) is 2.56. The second-order valence-electron chi connectivity index (χ2n) is 7.32. The van der Waals surface area contributed by atoms with Gasteiger partial charge in [-0.3, -0.25) is 0 Å². The lowest BCUT2D eigenvalue weighted by Crippen LogP contribution is -2.47. The van der Waals surface area contributed by atoms with Crippen LogP contribution in [0.5, 0.6) is 0 Å². The van der Waals surface area contributed by atoms with Gasteiger partial charge in [-0.1, -0.05) is 13.8 Å². The number of aliphatic hydroxyl groups excluding tert-OH is 1. The molecule has 0 amide bonds. The number of fused-ring (bicyclic) bond motifs is 1. The molecule has 18 heavy (non-hydrogen) atoms. The second kappa shape index (κ2) is 4.46. The maximum atomic E-state index is 10.7. The molecular weight excluding hydrogens is 228 g/mol. The second-order valence-corrected chi connectivity index (χ2v) is 7.32. The normalized spacial score (nSPS) is 53.3. The minimum Gasteiger partial charge on any atom is -0.392 e. The smallest absolute Gasteiger partial charge is 0.0676 e. The molecule has 0 spiro atoms. The van der Waals surface area contributed by atoms with Gasteiger partial charge in [0.25, 0.3) is 0 Å². The van der Waals surface area contributed by atoms with Gasteiger partial charge in [0, 0.05) is 5.92 Å². The van der Waals surface area contributed by atoms with Crippen LogP contribution in [0.15, 0.2) is 0 Å². The Labute approximate surface area is 110 Å². The van der Waals surface area contributed by atoms with Crippen molar-refractivity contribution in [2.45, 2.75) is 70.7 Å². The molecule has 6 atom stereocenters. The molecule has 2 aliphatic carbocycles. The Morgan fingerprint density at radius 2 is 1.56 bits per heavy atom. The van der Waals surface area contributed by atoms with E-state index in [1.54, 1.807) is 0 Å². The van der Waals surface area contributed by atoms with E-state index in [9.17, 15) is 15.3 Å². The van der Waals surface area contributed by atoms with Crippen molar-refractivity contribution >= 4 is 0 Å². The van der Waals surface area contributed by atoms with Gasteiger partial charge < -0.3 is 15.3 Å². The first kappa shape index (κ1) is 14.3. The van der Waals surface area contributed by atoms with Crippen LogP contribution in [0.4, 0.5) is 0 Å². The molecule has 3 heteroatoms.